The zero-order chi connectivity index (χ0) is 44.0. The van der Waals surface area contributed by atoms with Crippen molar-refractivity contribution in [3.63, 3.8) is 0 Å². The van der Waals surface area contributed by atoms with Gasteiger partial charge in [-0.2, -0.15) is 0 Å². The highest BCUT2D eigenvalue weighted by molar-refractivity contribution is 7.26. The highest BCUT2D eigenvalue weighted by atomic mass is 32.1. The molecule has 14 rings (SSSR count). The van der Waals surface area contributed by atoms with Gasteiger partial charge in [0.2, 0.25) is 0 Å². The standard InChI is InChI=1S/C61H37N5S/c1-4-17-39(18-5-1)59-62-60(40-19-6-2-7-20-40)64-61(63-59)51-37-44(36-49-47-25-13-15-27-56(47)67-58(49)51)66-54-32-30-42(35-50(54)57-45-23-11-10-16-38(45)28-33-55(57)66)41-29-31-53-48(34-41)46-24-12-14-26-52(46)65(53)43-21-8-3-9-22-43/h1-37H. The Morgan fingerprint density at radius 2 is 0.851 bits per heavy atom. The van der Waals surface area contributed by atoms with E-state index in [2.05, 4.69) is 197 Å². The lowest BCUT2D eigenvalue weighted by Crippen LogP contribution is -2.01. The second-order valence-electron chi connectivity index (χ2n) is 17.2. The molecule has 0 aliphatic rings. The molecular weight excluding hydrogens is 835 g/mol. The van der Waals surface area contributed by atoms with Gasteiger partial charge in [-0.25, -0.2) is 15.0 Å². The summed E-state index contributed by atoms with van der Waals surface area (Å²) in [6.07, 6.45) is 0. The van der Waals surface area contributed by atoms with Gasteiger partial charge in [0.25, 0.3) is 0 Å². The second-order valence-corrected chi connectivity index (χ2v) is 18.2. The first-order valence-corrected chi connectivity index (χ1v) is 23.4. The molecule has 4 heterocycles. The van der Waals surface area contributed by atoms with Crippen LogP contribution in [0.15, 0.2) is 224 Å². The summed E-state index contributed by atoms with van der Waals surface area (Å²) in [4.78, 5) is 15.6. The van der Waals surface area contributed by atoms with E-state index in [0.717, 1.165) is 43.8 Å². The van der Waals surface area contributed by atoms with Crippen molar-refractivity contribution in [2.24, 2.45) is 0 Å². The minimum Gasteiger partial charge on any atom is -0.309 e. The summed E-state index contributed by atoms with van der Waals surface area (Å²) in [6.45, 7) is 0. The molecule has 0 N–H and O–H groups in total. The topological polar surface area (TPSA) is 48.5 Å². The van der Waals surface area contributed by atoms with Crippen LogP contribution in [0.1, 0.15) is 0 Å². The van der Waals surface area contributed by atoms with Gasteiger partial charge in [-0.1, -0.05) is 158 Å². The highest BCUT2D eigenvalue weighted by Gasteiger charge is 2.22. The Labute approximate surface area is 389 Å². The van der Waals surface area contributed by atoms with Gasteiger partial charge in [0.05, 0.1) is 22.1 Å². The lowest BCUT2D eigenvalue weighted by molar-refractivity contribution is 1.07. The van der Waals surface area contributed by atoms with Gasteiger partial charge < -0.3 is 9.13 Å². The number of para-hydroxylation sites is 2. The predicted molar refractivity (Wildman–Crippen MR) is 281 cm³/mol. The molecule has 10 aromatic carbocycles. The van der Waals surface area contributed by atoms with Crippen LogP contribution in [0.2, 0.25) is 0 Å². The molecule has 14 aromatic rings. The fourth-order valence-electron chi connectivity index (χ4n) is 10.3. The number of fused-ring (bicyclic) bond motifs is 11. The predicted octanol–water partition coefficient (Wildman–Crippen LogP) is 16.3. The number of hydrogen-bond acceptors (Lipinski definition) is 4. The van der Waals surface area contributed by atoms with E-state index in [9.17, 15) is 0 Å². The normalized spacial score (nSPS) is 11.9. The van der Waals surface area contributed by atoms with Crippen molar-refractivity contribution in [3.8, 4) is 56.7 Å². The largest absolute Gasteiger partial charge is 0.309 e. The first-order valence-electron chi connectivity index (χ1n) is 22.6. The van der Waals surface area contributed by atoms with E-state index in [-0.39, 0.29) is 0 Å². The summed E-state index contributed by atoms with van der Waals surface area (Å²) in [5, 5.41) is 9.72. The first kappa shape index (κ1) is 37.6. The van der Waals surface area contributed by atoms with Gasteiger partial charge in [-0.05, 0) is 88.6 Å². The number of thiophene rings is 1. The van der Waals surface area contributed by atoms with Crippen LogP contribution in [-0.2, 0) is 0 Å². The number of hydrogen-bond donors (Lipinski definition) is 0. The van der Waals surface area contributed by atoms with Gasteiger partial charge in [0.15, 0.2) is 17.5 Å². The average molecular weight is 872 g/mol. The fourth-order valence-corrected chi connectivity index (χ4v) is 11.5. The van der Waals surface area contributed by atoms with Crippen molar-refractivity contribution < 1.29 is 0 Å². The van der Waals surface area contributed by atoms with E-state index in [1.165, 1.54) is 70.0 Å². The quantitative estimate of drug-likeness (QED) is 0.167. The molecule has 0 amide bonds. The minimum absolute atomic E-state index is 0.641. The lowest BCUT2D eigenvalue weighted by Gasteiger charge is -2.13. The summed E-state index contributed by atoms with van der Waals surface area (Å²) in [5.74, 6) is 1.93. The Balaban J connectivity index is 1.03. The molecule has 6 heteroatoms. The van der Waals surface area contributed by atoms with Crippen LogP contribution in [0.4, 0.5) is 0 Å². The zero-order valence-corrected chi connectivity index (χ0v) is 36.8. The minimum atomic E-state index is 0.641. The smallest absolute Gasteiger partial charge is 0.165 e. The third kappa shape index (κ3) is 5.97. The van der Waals surface area contributed by atoms with Crippen LogP contribution in [0.3, 0.4) is 0 Å². The molecule has 0 spiro atoms. The third-order valence-electron chi connectivity index (χ3n) is 13.3. The van der Waals surface area contributed by atoms with Gasteiger partial charge in [-0.15, -0.1) is 11.3 Å². The number of aromatic nitrogens is 5. The maximum absolute atomic E-state index is 5.29. The van der Waals surface area contributed by atoms with E-state index in [1.54, 1.807) is 11.3 Å². The Morgan fingerprint density at radius 3 is 1.58 bits per heavy atom. The molecule has 5 nitrogen and oxygen atoms in total. The summed E-state index contributed by atoms with van der Waals surface area (Å²) in [6, 6.07) is 80.5. The van der Waals surface area contributed by atoms with Crippen molar-refractivity contribution in [1.82, 2.24) is 24.1 Å². The Kier molecular flexibility index (Phi) is 8.38. The van der Waals surface area contributed by atoms with Crippen LogP contribution >= 0.6 is 11.3 Å². The average Bonchev–Trinajstić information content (AvgIpc) is 4.06. The van der Waals surface area contributed by atoms with Gasteiger partial charge >= 0.3 is 0 Å². The van der Waals surface area contributed by atoms with Crippen LogP contribution in [-0.4, -0.2) is 24.1 Å². The van der Waals surface area contributed by atoms with Crippen molar-refractivity contribution in [2.75, 3.05) is 0 Å². The van der Waals surface area contributed by atoms with E-state index >= 15 is 0 Å². The van der Waals surface area contributed by atoms with Crippen LogP contribution in [0.5, 0.6) is 0 Å². The molecule has 312 valence electrons. The van der Waals surface area contributed by atoms with Crippen LogP contribution in [0, 0.1) is 0 Å². The van der Waals surface area contributed by atoms with Crippen LogP contribution in [0.25, 0.3) is 131 Å². The molecule has 0 atom stereocenters. The van der Waals surface area contributed by atoms with Crippen molar-refractivity contribution in [2.45, 2.75) is 0 Å². The van der Waals surface area contributed by atoms with E-state index in [0.29, 0.717) is 17.5 Å². The van der Waals surface area contributed by atoms with E-state index in [4.69, 9.17) is 15.0 Å². The second kappa shape index (κ2) is 14.9. The van der Waals surface area contributed by atoms with Crippen molar-refractivity contribution >= 4 is 85.9 Å². The van der Waals surface area contributed by atoms with E-state index in [1.807, 2.05) is 36.4 Å². The maximum atomic E-state index is 5.29. The monoisotopic (exact) mass is 871 g/mol. The summed E-state index contributed by atoms with van der Waals surface area (Å²) >= 11 is 1.79. The van der Waals surface area contributed by atoms with Crippen molar-refractivity contribution in [3.05, 3.63) is 224 Å². The molecule has 67 heavy (non-hydrogen) atoms. The maximum Gasteiger partial charge on any atom is 0.165 e. The van der Waals surface area contributed by atoms with E-state index < -0.39 is 0 Å². The molecule has 0 aliphatic heterocycles. The van der Waals surface area contributed by atoms with Crippen LogP contribution < -0.4 is 0 Å². The first-order chi connectivity index (χ1) is 33.2. The summed E-state index contributed by atoms with van der Waals surface area (Å²) in [7, 11) is 0. The molecule has 0 fully saturated rings. The highest BCUT2D eigenvalue weighted by Crippen LogP contribution is 2.45. The van der Waals surface area contributed by atoms with Gasteiger partial charge in [-0.3, -0.25) is 0 Å². The van der Waals surface area contributed by atoms with Crippen molar-refractivity contribution in [1.29, 1.82) is 0 Å². The fraction of sp³-hybridized carbons (Fsp3) is 0. The number of benzene rings is 10. The Morgan fingerprint density at radius 1 is 0.313 bits per heavy atom. The molecular formula is C61H37N5S. The molecule has 4 aromatic heterocycles. The Bertz CT molecular complexity index is 4210. The molecule has 0 aliphatic carbocycles. The summed E-state index contributed by atoms with van der Waals surface area (Å²) < 4.78 is 7.19. The molecule has 0 saturated heterocycles. The number of nitrogens with zero attached hydrogens (tertiary/aromatic N) is 5. The molecule has 0 radical (unpaired) electrons. The lowest BCUT2D eigenvalue weighted by atomic mass is 9.99. The molecule has 0 saturated carbocycles. The SMILES string of the molecule is c1ccc(-c2nc(-c3ccccc3)nc(-c3cc(-n4c5ccc(-c6ccc7c(c6)c6ccccc6n7-c6ccccc6)cc5c5c6ccccc6ccc54)cc4c3sc3ccccc34)n2)cc1. The molecule has 0 unspecified atom stereocenters. The molecule has 0 bridgehead atoms. The number of rotatable bonds is 6. The van der Waals surface area contributed by atoms with Gasteiger partial charge in [0, 0.05) is 69.8 Å². The zero-order valence-electron chi connectivity index (χ0n) is 36.0. The third-order valence-corrected chi connectivity index (χ3v) is 14.6. The Hall–Kier alpha value is -8.71. The van der Waals surface area contributed by atoms with Gasteiger partial charge in [0.1, 0.15) is 0 Å². The summed E-state index contributed by atoms with van der Waals surface area (Å²) in [5.41, 5.74) is 12.1.